The fourth-order valence-corrected chi connectivity index (χ4v) is 1.49. The Bertz CT molecular complexity index is 568. The van der Waals surface area contributed by atoms with Crippen molar-refractivity contribution in [3.05, 3.63) is 58.6 Å². The molecular formula is C13H11ClN4O2. The van der Waals surface area contributed by atoms with Crippen LogP contribution in [0.2, 0.25) is 5.02 Å². The first kappa shape index (κ1) is 14.0. The van der Waals surface area contributed by atoms with E-state index in [0.29, 0.717) is 16.3 Å². The van der Waals surface area contributed by atoms with Crippen molar-refractivity contribution in [2.75, 3.05) is 0 Å². The molecule has 0 aliphatic carbocycles. The second-order valence-corrected chi connectivity index (χ2v) is 4.39. The molecule has 0 unspecified atom stereocenters. The van der Waals surface area contributed by atoms with E-state index in [1.54, 1.807) is 31.2 Å². The number of halogens is 1. The lowest BCUT2D eigenvalue weighted by Crippen LogP contribution is -2.42. The molecule has 2 N–H and O–H groups in total. The van der Waals surface area contributed by atoms with Crippen molar-refractivity contribution >= 4 is 23.4 Å². The van der Waals surface area contributed by atoms with Gasteiger partial charge in [0.1, 0.15) is 5.69 Å². The third-order valence-electron chi connectivity index (χ3n) is 2.41. The third kappa shape index (κ3) is 3.52. The van der Waals surface area contributed by atoms with Gasteiger partial charge in [0.25, 0.3) is 11.8 Å². The van der Waals surface area contributed by atoms with Gasteiger partial charge in [0.15, 0.2) is 0 Å². The number of aryl methyl sites for hydroxylation is 1. The highest BCUT2D eigenvalue weighted by Crippen LogP contribution is 2.08. The molecule has 0 aliphatic heterocycles. The van der Waals surface area contributed by atoms with E-state index in [0.717, 1.165) is 0 Å². The van der Waals surface area contributed by atoms with Crippen LogP contribution in [0, 0.1) is 6.92 Å². The molecule has 0 atom stereocenters. The summed E-state index contributed by atoms with van der Waals surface area (Å²) in [6.45, 7) is 1.76. The van der Waals surface area contributed by atoms with E-state index >= 15 is 0 Å². The first-order valence-corrected chi connectivity index (χ1v) is 6.09. The Hall–Kier alpha value is -2.47. The number of hydrazine groups is 1. The Balaban J connectivity index is 1.94. The average molecular weight is 291 g/mol. The van der Waals surface area contributed by atoms with Gasteiger partial charge in [0.05, 0.1) is 11.9 Å². The highest BCUT2D eigenvalue weighted by molar-refractivity contribution is 6.30. The van der Waals surface area contributed by atoms with Crippen molar-refractivity contribution < 1.29 is 9.59 Å². The minimum atomic E-state index is -0.542. The zero-order valence-electron chi connectivity index (χ0n) is 10.6. The third-order valence-corrected chi connectivity index (χ3v) is 2.66. The molecule has 0 radical (unpaired) electrons. The molecule has 102 valence electrons. The lowest BCUT2D eigenvalue weighted by Gasteiger charge is -2.06. The molecule has 0 aliphatic rings. The maximum absolute atomic E-state index is 11.7. The van der Waals surface area contributed by atoms with E-state index in [9.17, 15) is 9.59 Å². The molecule has 2 amide bonds. The quantitative estimate of drug-likeness (QED) is 0.821. The number of hydrogen-bond donors (Lipinski definition) is 2. The highest BCUT2D eigenvalue weighted by Gasteiger charge is 2.10. The van der Waals surface area contributed by atoms with Crippen molar-refractivity contribution in [2.45, 2.75) is 6.92 Å². The number of amides is 2. The summed E-state index contributed by atoms with van der Waals surface area (Å²) in [5, 5.41) is 0.528. The predicted octanol–water partition coefficient (Wildman–Crippen LogP) is 1.51. The molecule has 2 rings (SSSR count). The number of benzene rings is 1. The number of nitrogens with zero attached hydrogens (tertiary/aromatic N) is 2. The maximum atomic E-state index is 11.7. The summed E-state index contributed by atoms with van der Waals surface area (Å²) in [5.41, 5.74) is 5.74. The molecule has 0 fully saturated rings. The zero-order chi connectivity index (χ0) is 14.5. The Morgan fingerprint density at radius 2 is 1.65 bits per heavy atom. The highest BCUT2D eigenvalue weighted by atomic mass is 35.5. The number of carbonyl (C=O) groups excluding carboxylic acids is 2. The van der Waals surface area contributed by atoms with Crippen molar-refractivity contribution in [1.82, 2.24) is 20.8 Å². The summed E-state index contributed by atoms with van der Waals surface area (Å²) < 4.78 is 0. The zero-order valence-corrected chi connectivity index (χ0v) is 11.3. The number of aromatic nitrogens is 2. The van der Waals surface area contributed by atoms with Gasteiger partial charge in [-0.15, -0.1) is 0 Å². The summed E-state index contributed by atoms with van der Waals surface area (Å²) in [6.07, 6.45) is 2.80. The molecular weight excluding hydrogens is 280 g/mol. The Labute approximate surface area is 120 Å². The molecule has 0 saturated carbocycles. The molecule has 1 aromatic carbocycles. The van der Waals surface area contributed by atoms with Gasteiger partial charge in [-0.05, 0) is 31.2 Å². The second-order valence-electron chi connectivity index (χ2n) is 3.96. The van der Waals surface area contributed by atoms with E-state index in [-0.39, 0.29) is 5.69 Å². The van der Waals surface area contributed by atoms with Gasteiger partial charge >= 0.3 is 0 Å². The molecule has 7 heteroatoms. The first-order chi connectivity index (χ1) is 9.56. The molecule has 0 saturated heterocycles. The van der Waals surface area contributed by atoms with Crippen molar-refractivity contribution in [3.63, 3.8) is 0 Å². The Morgan fingerprint density at radius 3 is 2.25 bits per heavy atom. The number of nitrogens with one attached hydrogen (secondary N) is 2. The van der Waals surface area contributed by atoms with Crippen LogP contribution < -0.4 is 10.9 Å². The molecule has 6 nitrogen and oxygen atoms in total. The van der Waals surface area contributed by atoms with Crippen molar-refractivity contribution in [1.29, 1.82) is 0 Å². The normalized spacial score (nSPS) is 9.90. The fraction of sp³-hybridized carbons (Fsp3) is 0.0769. The molecule has 1 heterocycles. The van der Waals surface area contributed by atoms with E-state index in [2.05, 4.69) is 20.8 Å². The van der Waals surface area contributed by atoms with Crippen LogP contribution in [-0.2, 0) is 0 Å². The summed E-state index contributed by atoms with van der Waals surface area (Å²) in [4.78, 5) is 31.3. The summed E-state index contributed by atoms with van der Waals surface area (Å²) >= 11 is 5.72. The van der Waals surface area contributed by atoms with Crippen LogP contribution in [0.3, 0.4) is 0 Å². The van der Waals surface area contributed by atoms with E-state index in [1.165, 1.54) is 12.4 Å². The maximum Gasteiger partial charge on any atom is 0.289 e. The summed E-state index contributed by atoms with van der Waals surface area (Å²) in [7, 11) is 0. The van der Waals surface area contributed by atoms with Crippen LogP contribution in [0.5, 0.6) is 0 Å². The molecule has 0 bridgehead atoms. The lowest BCUT2D eigenvalue weighted by molar-refractivity contribution is 0.0843. The SMILES string of the molecule is Cc1cnc(C(=O)NNC(=O)c2ccc(Cl)cc2)cn1. The van der Waals surface area contributed by atoms with Crippen LogP contribution in [0.25, 0.3) is 0 Å². The van der Waals surface area contributed by atoms with Crippen LogP contribution in [0.1, 0.15) is 26.5 Å². The van der Waals surface area contributed by atoms with Crippen LogP contribution >= 0.6 is 11.6 Å². The fourth-order valence-electron chi connectivity index (χ4n) is 1.36. The molecule has 1 aromatic heterocycles. The van der Waals surface area contributed by atoms with Gasteiger partial charge in [-0.3, -0.25) is 25.4 Å². The smallest absolute Gasteiger partial charge is 0.267 e. The largest absolute Gasteiger partial charge is 0.289 e. The molecule has 0 spiro atoms. The lowest BCUT2D eigenvalue weighted by atomic mass is 10.2. The minimum absolute atomic E-state index is 0.118. The van der Waals surface area contributed by atoms with Gasteiger partial charge in [0, 0.05) is 16.8 Å². The number of carbonyl (C=O) groups is 2. The predicted molar refractivity (Wildman–Crippen MR) is 73.2 cm³/mol. The van der Waals surface area contributed by atoms with Crippen molar-refractivity contribution in [3.8, 4) is 0 Å². The van der Waals surface area contributed by atoms with Gasteiger partial charge in [0.2, 0.25) is 0 Å². The van der Waals surface area contributed by atoms with Gasteiger partial charge in [-0.2, -0.15) is 0 Å². The molecule has 2 aromatic rings. The topological polar surface area (TPSA) is 84.0 Å². The van der Waals surface area contributed by atoms with Crippen LogP contribution in [-0.4, -0.2) is 21.8 Å². The minimum Gasteiger partial charge on any atom is -0.267 e. The monoisotopic (exact) mass is 290 g/mol. The van der Waals surface area contributed by atoms with E-state index in [1.807, 2.05) is 0 Å². The first-order valence-electron chi connectivity index (χ1n) is 5.71. The van der Waals surface area contributed by atoms with Crippen molar-refractivity contribution in [2.24, 2.45) is 0 Å². The van der Waals surface area contributed by atoms with E-state index in [4.69, 9.17) is 11.6 Å². The Morgan fingerprint density at radius 1 is 1.00 bits per heavy atom. The van der Waals surface area contributed by atoms with Gasteiger partial charge < -0.3 is 0 Å². The number of hydrogen-bond acceptors (Lipinski definition) is 4. The number of rotatable bonds is 2. The van der Waals surface area contributed by atoms with E-state index < -0.39 is 11.8 Å². The van der Waals surface area contributed by atoms with Crippen LogP contribution in [0.15, 0.2) is 36.7 Å². The molecule has 20 heavy (non-hydrogen) atoms. The summed E-state index contributed by atoms with van der Waals surface area (Å²) in [5.74, 6) is -0.991. The van der Waals surface area contributed by atoms with Crippen LogP contribution in [0.4, 0.5) is 0 Å². The Kier molecular flexibility index (Phi) is 4.27. The standard InChI is InChI=1S/C13H11ClN4O2/c1-8-6-16-11(7-15-8)13(20)18-17-12(19)9-2-4-10(14)5-3-9/h2-7H,1H3,(H,17,19)(H,18,20). The van der Waals surface area contributed by atoms with Gasteiger partial charge in [-0.1, -0.05) is 11.6 Å². The van der Waals surface area contributed by atoms with Gasteiger partial charge in [-0.25, -0.2) is 4.98 Å². The summed E-state index contributed by atoms with van der Waals surface area (Å²) in [6, 6.07) is 6.28. The average Bonchev–Trinajstić information content (AvgIpc) is 2.46. The second kappa shape index (κ2) is 6.12.